The molecule has 0 bridgehead atoms. The maximum absolute atomic E-state index is 13.5. The predicted octanol–water partition coefficient (Wildman–Crippen LogP) is 3.52. The van der Waals surface area contributed by atoms with E-state index in [1.807, 2.05) is 13.1 Å². The van der Waals surface area contributed by atoms with Crippen molar-refractivity contribution < 1.29 is 13.6 Å². The summed E-state index contributed by atoms with van der Waals surface area (Å²) in [6.07, 6.45) is 1.92. The first-order valence-corrected chi connectivity index (χ1v) is 7.39. The first-order valence-electron chi connectivity index (χ1n) is 6.59. The van der Waals surface area contributed by atoms with Gasteiger partial charge in [-0.05, 0) is 47.5 Å². The average molecular weight is 357 g/mol. The van der Waals surface area contributed by atoms with Crippen LogP contribution in [0.25, 0.3) is 0 Å². The molecule has 0 aliphatic carbocycles. The Bertz CT molecular complexity index is 635. The zero-order valence-electron chi connectivity index (χ0n) is 11.5. The number of halogens is 3. The fourth-order valence-electron chi connectivity index (χ4n) is 2.09. The van der Waals surface area contributed by atoms with Crippen molar-refractivity contribution in [3.05, 3.63) is 57.8 Å². The molecule has 0 saturated carbocycles. The van der Waals surface area contributed by atoms with Gasteiger partial charge in [-0.15, -0.1) is 0 Å². The maximum Gasteiger partial charge on any atom is 0.267 e. The molecule has 0 aliphatic rings. The number of aryl methyl sites for hydroxylation is 1. The molecule has 1 aromatic carbocycles. The van der Waals surface area contributed by atoms with Gasteiger partial charge < -0.3 is 9.88 Å². The number of nitrogens with one attached hydrogen (secondary N) is 1. The highest BCUT2D eigenvalue weighted by Crippen LogP contribution is 2.15. The summed E-state index contributed by atoms with van der Waals surface area (Å²) in [6, 6.07) is 5.44. The molecule has 0 saturated heterocycles. The zero-order chi connectivity index (χ0) is 15.4. The summed E-state index contributed by atoms with van der Waals surface area (Å²) in [5.74, 6) is -1.45. The van der Waals surface area contributed by atoms with E-state index in [1.165, 1.54) is 18.2 Å². The molecule has 0 fully saturated rings. The van der Waals surface area contributed by atoms with Crippen molar-refractivity contribution in [2.45, 2.75) is 19.9 Å². The third-order valence-corrected chi connectivity index (χ3v) is 3.59. The van der Waals surface area contributed by atoms with Crippen LogP contribution < -0.4 is 5.32 Å². The van der Waals surface area contributed by atoms with E-state index in [0.717, 1.165) is 4.47 Å². The lowest BCUT2D eigenvalue weighted by molar-refractivity contribution is 0.0944. The molecule has 112 valence electrons. The lowest BCUT2D eigenvalue weighted by Gasteiger charge is -2.08. The van der Waals surface area contributed by atoms with E-state index in [4.69, 9.17) is 0 Å². The van der Waals surface area contributed by atoms with Crippen molar-refractivity contribution in [2.24, 2.45) is 0 Å². The Kier molecular flexibility index (Phi) is 5.12. The minimum atomic E-state index is -0.594. The Balaban J connectivity index is 1.98. The Morgan fingerprint density at radius 3 is 2.62 bits per heavy atom. The van der Waals surface area contributed by atoms with Gasteiger partial charge in [-0.25, -0.2) is 8.78 Å². The molecule has 0 radical (unpaired) electrons. The minimum absolute atomic E-state index is 0.00939. The number of aromatic nitrogens is 1. The first kappa shape index (κ1) is 15.7. The molecule has 1 N–H and O–H groups in total. The number of benzene rings is 1. The average Bonchev–Trinajstić information content (AvgIpc) is 2.83. The SMILES string of the molecule is CCn1cc(Br)cc1C(=O)NCCc1c(F)cccc1F. The first-order chi connectivity index (χ1) is 10.0. The van der Waals surface area contributed by atoms with Gasteiger partial charge in [0, 0.05) is 29.3 Å². The summed E-state index contributed by atoms with van der Waals surface area (Å²) >= 11 is 3.32. The highest BCUT2D eigenvalue weighted by molar-refractivity contribution is 9.10. The number of rotatable bonds is 5. The van der Waals surface area contributed by atoms with Crippen LogP contribution >= 0.6 is 15.9 Å². The molecule has 3 nitrogen and oxygen atoms in total. The van der Waals surface area contributed by atoms with E-state index in [0.29, 0.717) is 12.2 Å². The molecule has 2 rings (SSSR count). The van der Waals surface area contributed by atoms with Crippen molar-refractivity contribution in [1.82, 2.24) is 9.88 Å². The molecule has 2 aromatic rings. The fourth-order valence-corrected chi connectivity index (χ4v) is 2.55. The summed E-state index contributed by atoms with van der Waals surface area (Å²) in [4.78, 5) is 12.1. The lowest BCUT2D eigenvalue weighted by atomic mass is 10.1. The summed E-state index contributed by atoms with van der Waals surface area (Å²) < 4.78 is 29.5. The highest BCUT2D eigenvalue weighted by atomic mass is 79.9. The Labute approximate surface area is 130 Å². The van der Waals surface area contributed by atoms with Crippen molar-refractivity contribution in [3.8, 4) is 0 Å². The molecule has 0 aliphatic heterocycles. The molecule has 0 atom stereocenters. The van der Waals surface area contributed by atoms with Gasteiger partial charge in [-0.2, -0.15) is 0 Å². The molecule has 0 unspecified atom stereocenters. The lowest BCUT2D eigenvalue weighted by Crippen LogP contribution is -2.28. The van der Waals surface area contributed by atoms with Crippen LogP contribution in [-0.4, -0.2) is 17.0 Å². The summed E-state index contributed by atoms with van der Waals surface area (Å²) in [5.41, 5.74) is 0.503. The Morgan fingerprint density at radius 1 is 1.33 bits per heavy atom. The number of hydrogen-bond donors (Lipinski definition) is 1. The quantitative estimate of drug-likeness (QED) is 0.873. The van der Waals surface area contributed by atoms with Gasteiger partial charge in [-0.1, -0.05) is 6.07 Å². The second kappa shape index (κ2) is 6.85. The zero-order valence-corrected chi connectivity index (χ0v) is 13.1. The molecular formula is C15H15BrF2N2O. The van der Waals surface area contributed by atoms with Crippen LogP contribution in [0.1, 0.15) is 23.0 Å². The summed E-state index contributed by atoms with van der Waals surface area (Å²) in [7, 11) is 0. The van der Waals surface area contributed by atoms with Crippen molar-refractivity contribution in [3.63, 3.8) is 0 Å². The topological polar surface area (TPSA) is 34.0 Å². The van der Waals surface area contributed by atoms with Gasteiger partial charge >= 0.3 is 0 Å². The van der Waals surface area contributed by atoms with Crippen molar-refractivity contribution in [1.29, 1.82) is 0 Å². The minimum Gasteiger partial charge on any atom is -0.350 e. The van der Waals surface area contributed by atoms with Crippen LogP contribution in [0.5, 0.6) is 0 Å². The Hall–Kier alpha value is -1.69. The molecule has 21 heavy (non-hydrogen) atoms. The van der Waals surface area contributed by atoms with Crippen molar-refractivity contribution in [2.75, 3.05) is 6.54 Å². The van der Waals surface area contributed by atoms with Gasteiger partial charge in [0.25, 0.3) is 5.91 Å². The third kappa shape index (κ3) is 3.69. The van der Waals surface area contributed by atoms with Crippen LogP contribution in [0.15, 0.2) is 34.9 Å². The molecular weight excluding hydrogens is 342 g/mol. The van der Waals surface area contributed by atoms with Crippen molar-refractivity contribution >= 4 is 21.8 Å². The van der Waals surface area contributed by atoms with Gasteiger partial charge in [-0.3, -0.25) is 4.79 Å². The molecule has 1 heterocycles. The van der Waals surface area contributed by atoms with Crippen LogP contribution in [0.3, 0.4) is 0 Å². The van der Waals surface area contributed by atoms with E-state index < -0.39 is 11.6 Å². The monoisotopic (exact) mass is 356 g/mol. The number of carbonyl (C=O) groups excluding carboxylic acids is 1. The van der Waals surface area contributed by atoms with E-state index in [9.17, 15) is 13.6 Å². The summed E-state index contributed by atoms with van der Waals surface area (Å²) in [6.45, 7) is 2.76. The van der Waals surface area contributed by atoms with Crippen LogP contribution in [0, 0.1) is 11.6 Å². The Morgan fingerprint density at radius 2 is 2.00 bits per heavy atom. The van der Waals surface area contributed by atoms with Gasteiger partial charge in [0.15, 0.2) is 0 Å². The third-order valence-electron chi connectivity index (χ3n) is 3.16. The molecule has 1 aromatic heterocycles. The molecule has 6 heteroatoms. The largest absolute Gasteiger partial charge is 0.350 e. The highest BCUT2D eigenvalue weighted by Gasteiger charge is 2.13. The van der Waals surface area contributed by atoms with Crippen LogP contribution in [-0.2, 0) is 13.0 Å². The second-order valence-electron chi connectivity index (χ2n) is 4.54. The standard InChI is InChI=1S/C15H15BrF2N2O/c1-2-20-9-10(16)8-14(20)15(21)19-7-6-11-12(17)4-3-5-13(11)18/h3-5,8-9H,2,6-7H2,1H3,(H,19,21). The second-order valence-corrected chi connectivity index (χ2v) is 5.45. The van der Waals surface area contributed by atoms with Crippen LogP contribution in [0.2, 0.25) is 0 Å². The van der Waals surface area contributed by atoms with Gasteiger partial charge in [0.2, 0.25) is 0 Å². The van der Waals surface area contributed by atoms with Crippen LogP contribution in [0.4, 0.5) is 8.78 Å². The number of nitrogens with zero attached hydrogens (tertiary/aromatic N) is 1. The maximum atomic E-state index is 13.5. The smallest absolute Gasteiger partial charge is 0.267 e. The van der Waals surface area contributed by atoms with E-state index in [1.54, 1.807) is 10.6 Å². The molecule has 0 spiro atoms. The van der Waals surface area contributed by atoms with E-state index in [-0.39, 0.29) is 24.4 Å². The fraction of sp³-hybridized carbons (Fsp3) is 0.267. The number of hydrogen-bond acceptors (Lipinski definition) is 1. The van der Waals surface area contributed by atoms with E-state index >= 15 is 0 Å². The normalized spacial score (nSPS) is 10.7. The predicted molar refractivity (Wildman–Crippen MR) is 80.2 cm³/mol. The number of amides is 1. The van der Waals surface area contributed by atoms with E-state index in [2.05, 4.69) is 21.2 Å². The van der Waals surface area contributed by atoms with Gasteiger partial charge in [0.05, 0.1) is 0 Å². The van der Waals surface area contributed by atoms with Gasteiger partial charge in [0.1, 0.15) is 17.3 Å². The summed E-state index contributed by atoms with van der Waals surface area (Å²) in [5, 5.41) is 2.68. The number of carbonyl (C=O) groups is 1. The molecule has 1 amide bonds.